The Balaban J connectivity index is 1.04. The molecule has 15 rings (SSSR count). The van der Waals surface area contributed by atoms with Crippen LogP contribution in [-0.4, -0.2) is 0 Å². The van der Waals surface area contributed by atoms with Crippen LogP contribution in [0.1, 0.15) is 81.7 Å². The lowest BCUT2D eigenvalue weighted by molar-refractivity contribution is 0.780. The normalized spacial score (nSPS) is 18.0. The van der Waals surface area contributed by atoms with Gasteiger partial charge in [-0.3, -0.25) is 0 Å². The van der Waals surface area contributed by atoms with E-state index in [9.17, 15) is 0 Å². The molecule has 5 aliphatic carbocycles. The Morgan fingerprint density at radius 3 is 1.85 bits per heavy atom. The molecule has 0 amide bonds. The molecule has 2 atom stereocenters. The van der Waals surface area contributed by atoms with Crippen molar-refractivity contribution >= 4 is 61.4 Å². The topological polar surface area (TPSA) is 3.24 Å². The van der Waals surface area contributed by atoms with Crippen molar-refractivity contribution in [3.05, 3.63) is 303 Å². The molecule has 1 spiro atoms. The number of hydrogen-bond acceptors (Lipinski definition) is 1. The van der Waals surface area contributed by atoms with Gasteiger partial charge in [-0.2, -0.15) is 0 Å². The van der Waals surface area contributed by atoms with Crippen LogP contribution < -0.4 is 15.3 Å². The number of nitrogens with zero attached hydrogens (tertiary/aromatic N) is 1. The van der Waals surface area contributed by atoms with Gasteiger partial charge in [-0.15, -0.1) is 0 Å². The van der Waals surface area contributed by atoms with Crippen molar-refractivity contribution in [2.24, 2.45) is 0 Å². The second kappa shape index (κ2) is 16.3. The molecule has 1 heteroatoms. The van der Waals surface area contributed by atoms with Gasteiger partial charge >= 0.3 is 0 Å². The van der Waals surface area contributed by atoms with E-state index in [1.54, 1.807) is 0 Å². The highest BCUT2D eigenvalue weighted by Gasteiger charge is 2.52. The number of fused-ring (bicyclic) bond motifs is 16. The Morgan fingerprint density at radius 1 is 0.417 bits per heavy atom. The highest BCUT2D eigenvalue weighted by Crippen LogP contribution is 2.64. The number of hydrogen-bond donors (Lipinski definition) is 0. The molecule has 1 nitrogen and oxygen atoms in total. The molecule has 2 unspecified atom stereocenters. The van der Waals surface area contributed by atoms with Crippen molar-refractivity contribution in [1.82, 2.24) is 0 Å². The lowest BCUT2D eigenvalue weighted by Crippen LogP contribution is -2.39. The van der Waals surface area contributed by atoms with Gasteiger partial charge in [0.15, 0.2) is 0 Å². The third-order valence-corrected chi connectivity index (χ3v) is 16.8. The van der Waals surface area contributed by atoms with Gasteiger partial charge in [-0.25, -0.2) is 0 Å². The van der Waals surface area contributed by atoms with E-state index < -0.39 is 5.41 Å². The van der Waals surface area contributed by atoms with Crippen LogP contribution in [0, 0.1) is 0 Å². The molecule has 0 fully saturated rings. The van der Waals surface area contributed by atoms with Gasteiger partial charge in [0.1, 0.15) is 0 Å². The summed E-state index contributed by atoms with van der Waals surface area (Å²) >= 11 is 0. The first kappa shape index (κ1) is 41.3. The zero-order chi connectivity index (χ0) is 47.3. The number of rotatable bonds is 6. The second-order valence-corrected chi connectivity index (χ2v) is 20.4. The van der Waals surface area contributed by atoms with Crippen molar-refractivity contribution < 1.29 is 0 Å². The Labute approximate surface area is 421 Å². The van der Waals surface area contributed by atoms with Gasteiger partial charge in [0.25, 0.3) is 0 Å². The van der Waals surface area contributed by atoms with E-state index in [4.69, 9.17) is 0 Å². The Morgan fingerprint density at radius 2 is 1.03 bits per heavy atom. The number of benzene rings is 10. The molecule has 0 saturated carbocycles. The molecule has 72 heavy (non-hydrogen) atoms. The summed E-state index contributed by atoms with van der Waals surface area (Å²) in [6, 6.07) is 82.8. The summed E-state index contributed by atoms with van der Waals surface area (Å²) in [5, 5.41) is 7.89. The maximum absolute atomic E-state index is 2.56. The minimum Gasteiger partial charge on any atom is -0.310 e. The fourth-order valence-corrected chi connectivity index (χ4v) is 13.9. The molecule has 10 aromatic rings. The van der Waals surface area contributed by atoms with Gasteiger partial charge in [0.2, 0.25) is 0 Å². The van der Waals surface area contributed by atoms with Crippen molar-refractivity contribution in [2.75, 3.05) is 4.90 Å². The van der Waals surface area contributed by atoms with E-state index in [0.717, 1.165) is 49.2 Å². The quantitative estimate of drug-likeness (QED) is 0.161. The minimum atomic E-state index is -0.403. The second-order valence-electron chi connectivity index (χ2n) is 20.4. The molecule has 340 valence electrons. The van der Waals surface area contributed by atoms with Crippen molar-refractivity contribution in [3.63, 3.8) is 0 Å². The third-order valence-electron chi connectivity index (χ3n) is 16.8. The SMILES string of the molecule is C1=CC2=C(CC1)c1ccccc1C21c2ccccc2-c2ccc(N(c3ccc4ccccc4c3)c3ccc4c5c(c6c(c4c3)CCC=C6)=C(c3ccccc3)CC(c3ccccc3)C=5c3ccccc3)cc21. The standard InChI is InChI=1S/C71H51N/c1-4-21-47(22-5-1)61-45-62(48-23-6-2-7-24-48)69-59-32-13-12-28-54(59)63-43-52(39-41-60(63)70(69)68(61)49-25-8-3-9-26-49)72(51-37-36-46-20-10-11-27-50(46)42-51)53-38-40-58-57-31-16-19-35-66(57)71(67(58)44-53)64-33-17-14-29-55(64)56-30-15-18-34-65(56)71/h1-11,13-14,16-27,29,31-44,61H,12,15,28,30,45H2. The van der Waals surface area contributed by atoms with Crippen LogP contribution >= 0.6 is 0 Å². The molecule has 0 aromatic heterocycles. The summed E-state index contributed by atoms with van der Waals surface area (Å²) in [6.07, 6.45) is 14.8. The maximum Gasteiger partial charge on any atom is 0.0722 e. The predicted octanol–water partition coefficient (Wildman–Crippen LogP) is 16.4. The van der Waals surface area contributed by atoms with Gasteiger partial charge in [-0.1, -0.05) is 206 Å². The maximum atomic E-state index is 2.56. The van der Waals surface area contributed by atoms with E-state index in [1.807, 2.05) is 0 Å². The summed E-state index contributed by atoms with van der Waals surface area (Å²) in [6.45, 7) is 0. The van der Waals surface area contributed by atoms with Crippen LogP contribution in [0.2, 0.25) is 0 Å². The first-order valence-electron chi connectivity index (χ1n) is 26.0. The van der Waals surface area contributed by atoms with Crippen LogP contribution in [-0.2, 0) is 11.8 Å². The fourth-order valence-electron chi connectivity index (χ4n) is 13.9. The van der Waals surface area contributed by atoms with Crippen LogP contribution in [0.4, 0.5) is 17.1 Å². The summed E-state index contributed by atoms with van der Waals surface area (Å²) in [4.78, 5) is 2.55. The summed E-state index contributed by atoms with van der Waals surface area (Å²) in [5.41, 5.74) is 23.8. The molecule has 0 N–H and O–H groups in total. The lowest BCUT2D eigenvalue weighted by Gasteiger charge is -2.34. The monoisotopic (exact) mass is 917 g/mol. The molecule has 0 saturated heterocycles. The van der Waals surface area contributed by atoms with Crippen molar-refractivity contribution in [1.29, 1.82) is 0 Å². The predicted molar refractivity (Wildman–Crippen MR) is 302 cm³/mol. The fraction of sp³-hybridized carbons (Fsp3) is 0.0986. The smallest absolute Gasteiger partial charge is 0.0722 e. The van der Waals surface area contributed by atoms with E-state index in [0.29, 0.717) is 0 Å². The largest absolute Gasteiger partial charge is 0.310 e. The Hall–Kier alpha value is -8.52. The lowest BCUT2D eigenvalue weighted by atomic mass is 9.69. The molecule has 10 aromatic carbocycles. The van der Waals surface area contributed by atoms with E-state index >= 15 is 0 Å². The first-order chi connectivity index (χ1) is 35.7. The highest BCUT2D eigenvalue weighted by molar-refractivity contribution is 6.01. The van der Waals surface area contributed by atoms with E-state index in [2.05, 4.69) is 248 Å². The minimum absolute atomic E-state index is 0.164. The summed E-state index contributed by atoms with van der Waals surface area (Å²) < 4.78 is 0. The third kappa shape index (κ3) is 6.01. The molecule has 0 aliphatic heterocycles. The Bertz CT molecular complexity index is 4120. The van der Waals surface area contributed by atoms with Gasteiger partial charge in [-0.05, 0) is 184 Å². The van der Waals surface area contributed by atoms with E-state index in [1.165, 1.54) is 115 Å². The average Bonchev–Trinajstić information content (AvgIpc) is 3.93. The number of aryl methyl sites for hydroxylation is 1. The number of anilines is 3. The van der Waals surface area contributed by atoms with Crippen molar-refractivity contribution in [2.45, 2.75) is 43.4 Å². The zero-order valence-electron chi connectivity index (χ0n) is 40.2. The number of allylic oxidation sites excluding steroid dienone is 5. The molecule has 0 bridgehead atoms. The average molecular weight is 918 g/mol. The van der Waals surface area contributed by atoms with Crippen molar-refractivity contribution in [3.8, 4) is 11.1 Å². The van der Waals surface area contributed by atoms with Crippen LogP contribution in [0.25, 0.3) is 55.5 Å². The van der Waals surface area contributed by atoms with Gasteiger partial charge in [0, 0.05) is 23.0 Å². The van der Waals surface area contributed by atoms with E-state index in [-0.39, 0.29) is 5.92 Å². The highest BCUT2D eigenvalue weighted by atomic mass is 15.1. The molecule has 0 heterocycles. The summed E-state index contributed by atoms with van der Waals surface area (Å²) in [5.74, 6) is 0.164. The molecule has 0 radical (unpaired) electrons. The van der Waals surface area contributed by atoms with Crippen LogP contribution in [0.15, 0.2) is 242 Å². The van der Waals surface area contributed by atoms with Crippen LogP contribution in [0.3, 0.4) is 0 Å². The van der Waals surface area contributed by atoms with Crippen LogP contribution in [0.5, 0.6) is 0 Å². The Kier molecular flexibility index (Phi) is 9.33. The first-order valence-corrected chi connectivity index (χ1v) is 26.0. The zero-order valence-corrected chi connectivity index (χ0v) is 40.2. The molecular weight excluding hydrogens is 867 g/mol. The summed E-state index contributed by atoms with van der Waals surface area (Å²) in [7, 11) is 0. The van der Waals surface area contributed by atoms with Gasteiger partial charge < -0.3 is 4.90 Å². The molecular formula is C71H51N. The van der Waals surface area contributed by atoms with Gasteiger partial charge in [0.05, 0.1) is 5.41 Å². The molecule has 5 aliphatic rings.